The topological polar surface area (TPSA) is 66.6 Å². The van der Waals surface area contributed by atoms with Gasteiger partial charge in [-0.1, -0.05) is 19.9 Å². The summed E-state index contributed by atoms with van der Waals surface area (Å²) in [7, 11) is 0. The van der Waals surface area contributed by atoms with E-state index in [1.807, 2.05) is 0 Å². The van der Waals surface area contributed by atoms with Gasteiger partial charge in [0.2, 0.25) is 0 Å². The van der Waals surface area contributed by atoms with Gasteiger partial charge in [-0.25, -0.2) is 0 Å². The SMILES string of the molecule is CC(O)c1ccc(N2CCC(C(C)C)CC2)c([N+](=O)[O-])c1. The Hall–Kier alpha value is -1.62. The molecule has 116 valence electrons. The van der Waals surface area contributed by atoms with Crippen LogP contribution in [0.25, 0.3) is 0 Å². The van der Waals surface area contributed by atoms with Crippen LogP contribution in [0.2, 0.25) is 0 Å². The molecule has 0 aliphatic carbocycles. The summed E-state index contributed by atoms with van der Waals surface area (Å²) in [4.78, 5) is 13.1. The van der Waals surface area contributed by atoms with E-state index in [1.165, 1.54) is 6.07 Å². The molecule has 21 heavy (non-hydrogen) atoms. The number of aliphatic hydroxyl groups excluding tert-OH is 1. The maximum absolute atomic E-state index is 11.3. The van der Waals surface area contributed by atoms with Gasteiger partial charge in [-0.3, -0.25) is 10.1 Å². The third kappa shape index (κ3) is 3.53. The highest BCUT2D eigenvalue weighted by molar-refractivity contribution is 5.64. The summed E-state index contributed by atoms with van der Waals surface area (Å²) in [5, 5.41) is 20.9. The number of nitro groups is 1. The first-order chi connectivity index (χ1) is 9.90. The zero-order valence-corrected chi connectivity index (χ0v) is 13.0. The summed E-state index contributed by atoms with van der Waals surface area (Å²) in [6.07, 6.45) is 1.46. The zero-order chi connectivity index (χ0) is 15.6. The molecule has 1 unspecified atom stereocenters. The Morgan fingerprint density at radius 1 is 1.29 bits per heavy atom. The summed E-state index contributed by atoms with van der Waals surface area (Å²) < 4.78 is 0. The van der Waals surface area contributed by atoms with Gasteiger partial charge >= 0.3 is 0 Å². The predicted molar refractivity (Wildman–Crippen MR) is 83.5 cm³/mol. The van der Waals surface area contributed by atoms with Crippen molar-refractivity contribution < 1.29 is 10.0 Å². The van der Waals surface area contributed by atoms with Crippen LogP contribution in [-0.2, 0) is 0 Å². The summed E-state index contributed by atoms with van der Waals surface area (Å²) >= 11 is 0. The second kappa shape index (κ2) is 6.43. The van der Waals surface area contributed by atoms with Crippen LogP contribution in [0.4, 0.5) is 11.4 Å². The summed E-state index contributed by atoms with van der Waals surface area (Å²) in [5.41, 5.74) is 1.35. The average molecular weight is 292 g/mol. The first-order valence-corrected chi connectivity index (χ1v) is 7.61. The van der Waals surface area contributed by atoms with Gasteiger partial charge in [0, 0.05) is 19.2 Å². The first kappa shape index (κ1) is 15.8. The molecule has 0 aromatic heterocycles. The molecule has 1 saturated heterocycles. The van der Waals surface area contributed by atoms with Gasteiger partial charge in [0.25, 0.3) is 5.69 Å². The van der Waals surface area contributed by atoms with Gasteiger partial charge < -0.3 is 10.0 Å². The van der Waals surface area contributed by atoms with E-state index in [0.717, 1.165) is 25.9 Å². The number of nitrogens with zero attached hydrogens (tertiary/aromatic N) is 2. The Balaban J connectivity index is 2.22. The molecule has 5 heteroatoms. The minimum absolute atomic E-state index is 0.0939. The Labute approximate surface area is 125 Å². The van der Waals surface area contributed by atoms with Crippen LogP contribution >= 0.6 is 0 Å². The zero-order valence-electron chi connectivity index (χ0n) is 13.0. The number of nitro benzene ring substituents is 1. The summed E-state index contributed by atoms with van der Waals surface area (Å²) in [6, 6.07) is 5.05. The molecule has 0 bridgehead atoms. The van der Waals surface area contributed by atoms with Crippen LogP contribution in [0.1, 0.15) is 45.3 Å². The van der Waals surface area contributed by atoms with E-state index in [1.54, 1.807) is 19.1 Å². The molecular weight excluding hydrogens is 268 g/mol. The van der Waals surface area contributed by atoms with Gasteiger partial charge in [-0.2, -0.15) is 0 Å². The van der Waals surface area contributed by atoms with Crippen molar-refractivity contribution in [2.75, 3.05) is 18.0 Å². The largest absolute Gasteiger partial charge is 0.389 e. The lowest BCUT2D eigenvalue weighted by molar-refractivity contribution is -0.384. The fourth-order valence-corrected chi connectivity index (χ4v) is 3.02. The van der Waals surface area contributed by atoms with Crippen LogP contribution in [0.15, 0.2) is 18.2 Å². The monoisotopic (exact) mass is 292 g/mol. The number of rotatable bonds is 4. The van der Waals surface area contributed by atoms with Gasteiger partial charge in [0.05, 0.1) is 11.0 Å². The molecule has 0 spiro atoms. The van der Waals surface area contributed by atoms with Crippen LogP contribution in [-0.4, -0.2) is 23.1 Å². The second-order valence-corrected chi connectivity index (χ2v) is 6.25. The third-order valence-corrected chi connectivity index (χ3v) is 4.50. The second-order valence-electron chi connectivity index (χ2n) is 6.25. The average Bonchev–Trinajstić information content (AvgIpc) is 2.46. The molecule has 1 heterocycles. The number of hydrogen-bond acceptors (Lipinski definition) is 4. The van der Waals surface area contributed by atoms with E-state index in [-0.39, 0.29) is 10.6 Å². The highest BCUT2D eigenvalue weighted by Crippen LogP contribution is 2.34. The Bertz CT molecular complexity index is 506. The standard InChI is InChI=1S/C16H24N2O3/c1-11(2)13-6-8-17(9-7-13)15-5-4-14(12(3)19)10-16(15)18(20)21/h4-5,10-13,19H,6-9H2,1-3H3. The fourth-order valence-electron chi connectivity index (χ4n) is 3.02. The number of anilines is 1. The number of hydrogen-bond donors (Lipinski definition) is 1. The molecule has 1 N–H and O–H groups in total. The molecule has 0 amide bonds. The Morgan fingerprint density at radius 3 is 2.38 bits per heavy atom. The van der Waals surface area contributed by atoms with Crippen LogP contribution in [0.5, 0.6) is 0 Å². The van der Waals surface area contributed by atoms with Crippen molar-refractivity contribution in [2.45, 2.75) is 39.7 Å². The van der Waals surface area contributed by atoms with E-state index in [0.29, 0.717) is 23.1 Å². The van der Waals surface area contributed by atoms with E-state index >= 15 is 0 Å². The number of benzene rings is 1. The van der Waals surface area contributed by atoms with Crippen molar-refractivity contribution in [2.24, 2.45) is 11.8 Å². The van der Waals surface area contributed by atoms with E-state index in [9.17, 15) is 15.2 Å². The van der Waals surface area contributed by atoms with Crippen molar-refractivity contribution in [3.05, 3.63) is 33.9 Å². The van der Waals surface area contributed by atoms with Gasteiger partial charge in [-0.15, -0.1) is 0 Å². The van der Waals surface area contributed by atoms with Crippen molar-refractivity contribution in [3.63, 3.8) is 0 Å². The maximum Gasteiger partial charge on any atom is 0.292 e. The van der Waals surface area contributed by atoms with E-state index in [2.05, 4.69) is 18.7 Å². The molecule has 1 aromatic carbocycles. The smallest absolute Gasteiger partial charge is 0.292 e. The van der Waals surface area contributed by atoms with Crippen LogP contribution < -0.4 is 4.90 Å². The van der Waals surface area contributed by atoms with Crippen molar-refractivity contribution in [1.29, 1.82) is 0 Å². The summed E-state index contributed by atoms with van der Waals surface area (Å²) in [5.74, 6) is 1.37. The highest BCUT2D eigenvalue weighted by Gasteiger charge is 2.26. The molecule has 0 saturated carbocycles. The Kier molecular flexibility index (Phi) is 4.83. The fraction of sp³-hybridized carbons (Fsp3) is 0.625. The molecule has 1 atom stereocenters. The minimum atomic E-state index is -0.690. The third-order valence-electron chi connectivity index (χ3n) is 4.50. The molecule has 1 aliphatic rings. The molecule has 0 radical (unpaired) electrons. The molecule has 5 nitrogen and oxygen atoms in total. The van der Waals surface area contributed by atoms with Crippen molar-refractivity contribution >= 4 is 11.4 Å². The lowest BCUT2D eigenvalue weighted by Gasteiger charge is -2.35. The van der Waals surface area contributed by atoms with Crippen molar-refractivity contribution in [1.82, 2.24) is 0 Å². The number of aliphatic hydroxyl groups is 1. The molecule has 2 rings (SSSR count). The quantitative estimate of drug-likeness (QED) is 0.681. The van der Waals surface area contributed by atoms with Gasteiger partial charge in [0.1, 0.15) is 5.69 Å². The minimum Gasteiger partial charge on any atom is -0.389 e. The molecule has 1 fully saturated rings. The summed E-state index contributed by atoms with van der Waals surface area (Å²) in [6.45, 7) is 7.81. The van der Waals surface area contributed by atoms with E-state index in [4.69, 9.17) is 0 Å². The van der Waals surface area contributed by atoms with Gasteiger partial charge in [0.15, 0.2) is 0 Å². The maximum atomic E-state index is 11.3. The predicted octanol–water partition coefficient (Wildman–Crippen LogP) is 3.52. The number of piperidine rings is 1. The lowest BCUT2D eigenvalue weighted by Crippen LogP contribution is -2.35. The van der Waals surface area contributed by atoms with Crippen LogP contribution in [0.3, 0.4) is 0 Å². The molecular formula is C16H24N2O3. The Morgan fingerprint density at radius 2 is 1.90 bits per heavy atom. The normalized spacial score (nSPS) is 18.0. The molecule has 1 aliphatic heterocycles. The highest BCUT2D eigenvalue weighted by atomic mass is 16.6. The first-order valence-electron chi connectivity index (χ1n) is 7.61. The van der Waals surface area contributed by atoms with E-state index < -0.39 is 6.10 Å². The molecule has 1 aromatic rings. The van der Waals surface area contributed by atoms with Crippen LogP contribution in [0, 0.1) is 22.0 Å². The van der Waals surface area contributed by atoms with Crippen molar-refractivity contribution in [3.8, 4) is 0 Å². The van der Waals surface area contributed by atoms with Gasteiger partial charge in [-0.05, 0) is 43.2 Å². The lowest BCUT2D eigenvalue weighted by atomic mass is 9.86.